The summed E-state index contributed by atoms with van der Waals surface area (Å²) in [5.74, 6) is 0. The molecule has 1 saturated carbocycles. The van der Waals surface area contributed by atoms with Crippen molar-refractivity contribution in [1.29, 1.82) is 0 Å². The maximum atomic E-state index is 10.1. The van der Waals surface area contributed by atoms with Crippen LogP contribution in [0.3, 0.4) is 0 Å². The van der Waals surface area contributed by atoms with E-state index in [4.69, 9.17) is 0 Å². The minimum Gasteiger partial charge on any atom is -0.385 e. The molecule has 2 N–H and O–H groups in total. The SMILES string of the molecule is CCNC(C)C(O)c1cncn1C1CC1. The predicted octanol–water partition coefficient (Wildman–Crippen LogP) is 1.25. The van der Waals surface area contributed by atoms with E-state index < -0.39 is 6.10 Å². The van der Waals surface area contributed by atoms with Crippen LogP contribution in [0.5, 0.6) is 0 Å². The van der Waals surface area contributed by atoms with Gasteiger partial charge in [0, 0.05) is 12.1 Å². The first-order valence-electron chi connectivity index (χ1n) is 5.67. The minimum atomic E-state index is -0.465. The van der Waals surface area contributed by atoms with E-state index in [-0.39, 0.29) is 6.04 Å². The summed E-state index contributed by atoms with van der Waals surface area (Å²) in [5.41, 5.74) is 0.936. The van der Waals surface area contributed by atoms with Crippen LogP contribution in [0.4, 0.5) is 0 Å². The molecule has 0 aliphatic heterocycles. The Morgan fingerprint density at radius 2 is 2.40 bits per heavy atom. The average Bonchev–Trinajstić information content (AvgIpc) is 2.96. The van der Waals surface area contributed by atoms with Crippen LogP contribution in [0.25, 0.3) is 0 Å². The lowest BCUT2D eigenvalue weighted by atomic mass is 10.1. The lowest BCUT2D eigenvalue weighted by molar-refractivity contribution is 0.128. The Morgan fingerprint density at radius 1 is 1.67 bits per heavy atom. The zero-order valence-corrected chi connectivity index (χ0v) is 9.35. The fraction of sp³-hybridized carbons (Fsp3) is 0.727. The van der Waals surface area contributed by atoms with Crippen molar-refractivity contribution in [2.45, 2.75) is 44.9 Å². The maximum absolute atomic E-state index is 10.1. The lowest BCUT2D eigenvalue weighted by Gasteiger charge is -2.20. The highest BCUT2D eigenvalue weighted by Gasteiger charge is 2.28. The molecule has 0 radical (unpaired) electrons. The van der Waals surface area contributed by atoms with Crippen LogP contribution >= 0.6 is 0 Å². The van der Waals surface area contributed by atoms with Gasteiger partial charge in [-0.3, -0.25) is 0 Å². The zero-order chi connectivity index (χ0) is 10.8. The molecule has 4 nitrogen and oxygen atoms in total. The van der Waals surface area contributed by atoms with Gasteiger partial charge in [0.15, 0.2) is 0 Å². The molecule has 1 heterocycles. The highest BCUT2D eigenvalue weighted by Crippen LogP contribution is 2.37. The van der Waals surface area contributed by atoms with Crippen molar-refractivity contribution in [3.8, 4) is 0 Å². The van der Waals surface area contributed by atoms with Crippen molar-refractivity contribution < 1.29 is 5.11 Å². The number of imidazole rings is 1. The molecule has 0 bridgehead atoms. The van der Waals surface area contributed by atoms with Crippen LogP contribution < -0.4 is 5.32 Å². The highest BCUT2D eigenvalue weighted by molar-refractivity contribution is 5.08. The van der Waals surface area contributed by atoms with E-state index in [1.165, 1.54) is 12.8 Å². The summed E-state index contributed by atoms with van der Waals surface area (Å²) in [4.78, 5) is 4.12. The lowest BCUT2D eigenvalue weighted by Crippen LogP contribution is -2.32. The Morgan fingerprint density at radius 3 is 3.00 bits per heavy atom. The first kappa shape index (κ1) is 10.6. The molecule has 0 aromatic carbocycles. The number of nitrogens with zero attached hydrogens (tertiary/aromatic N) is 2. The van der Waals surface area contributed by atoms with Gasteiger partial charge in [0.05, 0.1) is 18.2 Å². The van der Waals surface area contributed by atoms with E-state index in [0.29, 0.717) is 6.04 Å². The van der Waals surface area contributed by atoms with Crippen molar-refractivity contribution in [3.05, 3.63) is 18.2 Å². The van der Waals surface area contributed by atoms with Crippen LogP contribution in [0.1, 0.15) is 44.5 Å². The van der Waals surface area contributed by atoms with E-state index in [0.717, 1.165) is 12.2 Å². The van der Waals surface area contributed by atoms with E-state index in [9.17, 15) is 5.11 Å². The number of rotatable bonds is 5. The summed E-state index contributed by atoms with van der Waals surface area (Å²) >= 11 is 0. The molecule has 0 amide bonds. The number of aromatic nitrogens is 2. The van der Waals surface area contributed by atoms with Gasteiger partial charge < -0.3 is 15.0 Å². The fourth-order valence-electron chi connectivity index (χ4n) is 1.89. The van der Waals surface area contributed by atoms with Gasteiger partial charge in [-0.2, -0.15) is 0 Å². The summed E-state index contributed by atoms with van der Waals surface area (Å²) in [6.07, 6.45) is 5.57. The second-order valence-corrected chi connectivity index (χ2v) is 4.25. The molecular weight excluding hydrogens is 190 g/mol. The number of hydrogen-bond acceptors (Lipinski definition) is 3. The van der Waals surface area contributed by atoms with Crippen molar-refractivity contribution in [1.82, 2.24) is 14.9 Å². The highest BCUT2D eigenvalue weighted by atomic mass is 16.3. The Bertz CT molecular complexity index is 319. The molecule has 0 saturated heterocycles. The second-order valence-electron chi connectivity index (χ2n) is 4.25. The van der Waals surface area contributed by atoms with Crippen molar-refractivity contribution in [2.75, 3.05) is 6.54 Å². The summed E-state index contributed by atoms with van der Waals surface area (Å²) in [5, 5.41) is 13.4. The third-order valence-corrected chi connectivity index (χ3v) is 2.94. The molecule has 1 aromatic rings. The van der Waals surface area contributed by atoms with E-state index in [2.05, 4.69) is 14.9 Å². The Balaban J connectivity index is 2.09. The molecule has 1 fully saturated rings. The smallest absolute Gasteiger partial charge is 0.110 e. The topological polar surface area (TPSA) is 50.1 Å². The van der Waals surface area contributed by atoms with Gasteiger partial charge in [-0.1, -0.05) is 6.92 Å². The second kappa shape index (κ2) is 4.33. The Kier molecular flexibility index (Phi) is 3.07. The van der Waals surface area contributed by atoms with Gasteiger partial charge in [0.2, 0.25) is 0 Å². The standard InChI is InChI=1S/C11H19N3O/c1-3-13-8(2)11(15)10-6-12-7-14(10)9-4-5-9/h6-9,11,13,15H,3-5H2,1-2H3. The summed E-state index contributed by atoms with van der Waals surface area (Å²) in [6, 6.07) is 0.648. The third kappa shape index (κ3) is 2.21. The molecular formula is C11H19N3O. The molecule has 2 rings (SSSR count). The molecule has 2 atom stereocenters. The summed E-state index contributed by atoms with van der Waals surface area (Å²) in [6.45, 7) is 4.91. The third-order valence-electron chi connectivity index (χ3n) is 2.94. The Hall–Kier alpha value is -0.870. The Labute approximate surface area is 90.3 Å². The van der Waals surface area contributed by atoms with Crippen molar-refractivity contribution in [2.24, 2.45) is 0 Å². The number of nitrogens with one attached hydrogen (secondary N) is 1. The molecule has 84 valence electrons. The van der Waals surface area contributed by atoms with Crippen molar-refractivity contribution >= 4 is 0 Å². The summed E-state index contributed by atoms with van der Waals surface area (Å²) in [7, 11) is 0. The van der Waals surface area contributed by atoms with Crippen LogP contribution in [0.2, 0.25) is 0 Å². The average molecular weight is 209 g/mol. The van der Waals surface area contributed by atoms with Crippen molar-refractivity contribution in [3.63, 3.8) is 0 Å². The molecule has 1 aromatic heterocycles. The molecule has 2 unspecified atom stereocenters. The van der Waals surface area contributed by atoms with Crippen LogP contribution in [0.15, 0.2) is 12.5 Å². The first-order chi connectivity index (χ1) is 7.24. The number of hydrogen-bond donors (Lipinski definition) is 2. The minimum absolute atomic E-state index is 0.0733. The monoisotopic (exact) mass is 209 g/mol. The number of aliphatic hydroxyl groups excluding tert-OH is 1. The van der Waals surface area contributed by atoms with Crippen LogP contribution in [0, 0.1) is 0 Å². The largest absolute Gasteiger partial charge is 0.385 e. The van der Waals surface area contributed by atoms with E-state index in [1.807, 2.05) is 20.2 Å². The fourth-order valence-corrected chi connectivity index (χ4v) is 1.89. The van der Waals surface area contributed by atoms with Crippen LogP contribution in [-0.2, 0) is 0 Å². The normalized spacial score (nSPS) is 20.2. The van der Waals surface area contributed by atoms with Gasteiger partial charge in [-0.15, -0.1) is 0 Å². The van der Waals surface area contributed by atoms with Gasteiger partial charge >= 0.3 is 0 Å². The van der Waals surface area contributed by atoms with Gasteiger partial charge in [-0.05, 0) is 26.3 Å². The molecule has 0 spiro atoms. The molecule has 1 aliphatic carbocycles. The van der Waals surface area contributed by atoms with Gasteiger partial charge in [0.1, 0.15) is 6.10 Å². The molecule has 1 aliphatic rings. The quantitative estimate of drug-likeness (QED) is 0.767. The van der Waals surface area contributed by atoms with Gasteiger partial charge in [0.25, 0.3) is 0 Å². The number of aliphatic hydroxyl groups is 1. The number of likely N-dealkylation sites (N-methyl/N-ethyl adjacent to an activating group) is 1. The van der Waals surface area contributed by atoms with Crippen LogP contribution in [-0.4, -0.2) is 27.2 Å². The maximum Gasteiger partial charge on any atom is 0.110 e. The van der Waals surface area contributed by atoms with Gasteiger partial charge in [-0.25, -0.2) is 4.98 Å². The van der Waals surface area contributed by atoms with E-state index >= 15 is 0 Å². The predicted molar refractivity (Wildman–Crippen MR) is 58.6 cm³/mol. The molecule has 4 heteroatoms. The van der Waals surface area contributed by atoms with E-state index in [1.54, 1.807) is 6.20 Å². The molecule has 15 heavy (non-hydrogen) atoms. The zero-order valence-electron chi connectivity index (χ0n) is 9.35. The summed E-state index contributed by atoms with van der Waals surface area (Å²) < 4.78 is 2.11. The first-order valence-corrected chi connectivity index (χ1v) is 5.67.